The minimum Gasteiger partial charge on any atom is -0.295 e. The van der Waals surface area contributed by atoms with Gasteiger partial charge in [-0.15, -0.1) is 0 Å². The number of hydrogen-bond donors (Lipinski definition) is 0. The molecular formula is C11H12O3S. The molecule has 0 fully saturated rings. The van der Waals surface area contributed by atoms with Crippen molar-refractivity contribution in [2.24, 2.45) is 0 Å². The quantitative estimate of drug-likeness (QED) is 0.737. The molecule has 0 aliphatic carbocycles. The second-order valence-electron chi connectivity index (χ2n) is 3.31. The van der Waals surface area contributed by atoms with E-state index in [2.05, 4.69) is 0 Å². The van der Waals surface area contributed by atoms with Crippen molar-refractivity contribution in [1.29, 1.82) is 0 Å². The molecule has 0 heterocycles. The molecule has 80 valence electrons. The highest BCUT2D eigenvalue weighted by atomic mass is 32.2. The topological polar surface area (TPSA) is 51.2 Å². The van der Waals surface area contributed by atoms with E-state index in [4.69, 9.17) is 0 Å². The lowest BCUT2D eigenvalue weighted by Crippen LogP contribution is -1.91. The van der Waals surface area contributed by atoms with E-state index in [0.717, 1.165) is 17.2 Å². The van der Waals surface area contributed by atoms with Gasteiger partial charge in [-0.3, -0.25) is 4.79 Å². The second-order valence-corrected chi connectivity index (χ2v) is 5.24. The molecule has 1 aromatic carbocycles. The van der Waals surface area contributed by atoms with Crippen molar-refractivity contribution in [2.45, 2.75) is 6.92 Å². The Hall–Kier alpha value is -1.42. The summed E-state index contributed by atoms with van der Waals surface area (Å²) in [5.41, 5.74) is 1.37. The zero-order valence-electron chi connectivity index (χ0n) is 8.60. The van der Waals surface area contributed by atoms with Crippen LogP contribution in [0.15, 0.2) is 29.7 Å². The van der Waals surface area contributed by atoms with Gasteiger partial charge in [-0.25, -0.2) is 8.42 Å². The van der Waals surface area contributed by atoms with Gasteiger partial charge in [0.1, 0.15) is 0 Å². The molecule has 15 heavy (non-hydrogen) atoms. The zero-order chi connectivity index (χ0) is 11.5. The van der Waals surface area contributed by atoms with Crippen molar-refractivity contribution in [3.63, 3.8) is 0 Å². The van der Waals surface area contributed by atoms with Crippen LogP contribution in [0.25, 0.3) is 6.08 Å². The first-order chi connectivity index (χ1) is 6.88. The monoisotopic (exact) mass is 224 g/mol. The maximum Gasteiger partial charge on any atom is 0.168 e. The van der Waals surface area contributed by atoms with Crippen molar-refractivity contribution in [1.82, 2.24) is 0 Å². The Kier molecular flexibility index (Phi) is 3.42. The van der Waals surface area contributed by atoms with E-state index in [1.165, 1.54) is 13.0 Å². The molecule has 0 spiro atoms. The highest BCUT2D eigenvalue weighted by Crippen LogP contribution is 2.07. The van der Waals surface area contributed by atoms with Crippen LogP contribution < -0.4 is 0 Å². The molecule has 1 rings (SSSR count). The van der Waals surface area contributed by atoms with Gasteiger partial charge in [-0.1, -0.05) is 24.3 Å². The van der Waals surface area contributed by atoms with E-state index in [-0.39, 0.29) is 5.78 Å². The fourth-order valence-electron chi connectivity index (χ4n) is 1.03. The van der Waals surface area contributed by atoms with Gasteiger partial charge in [0.2, 0.25) is 0 Å². The Bertz CT molecular complexity index is 481. The maximum absolute atomic E-state index is 11.0. The Morgan fingerprint density at radius 2 is 1.73 bits per heavy atom. The first-order valence-electron chi connectivity index (χ1n) is 4.37. The van der Waals surface area contributed by atoms with E-state index < -0.39 is 9.84 Å². The molecule has 0 bridgehead atoms. The van der Waals surface area contributed by atoms with E-state index >= 15 is 0 Å². The Morgan fingerprint density at radius 1 is 1.20 bits per heavy atom. The third-order valence-electron chi connectivity index (χ3n) is 1.82. The summed E-state index contributed by atoms with van der Waals surface area (Å²) in [6.07, 6.45) is 2.63. The number of carbonyl (C=O) groups excluding carboxylic acids is 1. The van der Waals surface area contributed by atoms with Crippen molar-refractivity contribution in [3.8, 4) is 0 Å². The molecule has 3 nitrogen and oxygen atoms in total. The van der Waals surface area contributed by atoms with Crippen LogP contribution in [0.4, 0.5) is 0 Å². The predicted molar refractivity (Wildman–Crippen MR) is 60.3 cm³/mol. The minimum absolute atomic E-state index is 0.00589. The molecule has 0 saturated heterocycles. The van der Waals surface area contributed by atoms with Gasteiger partial charge < -0.3 is 0 Å². The fourth-order valence-corrected chi connectivity index (χ4v) is 1.44. The molecule has 0 radical (unpaired) electrons. The molecule has 0 aliphatic heterocycles. The molecule has 0 aliphatic rings. The molecule has 0 N–H and O–H groups in total. The normalized spacial score (nSPS) is 11.9. The Labute approximate surface area is 89.4 Å². The van der Waals surface area contributed by atoms with Crippen LogP contribution >= 0.6 is 0 Å². The number of benzene rings is 1. The molecule has 0 amide bonds. The number of sulfone groups is 1. The number of ketones is 1. The zero-order valence-corrected chi connectivity index (χ0v) is 9.41. The lowest BCUT2D eigenvalue weighted by atomic mass is 10.1. The number of rotatable bonds is 3. The van der Waals surface area contributed by atoms with Gasteiger partial charge >= 0.3 is 0 Å². The molecule has 0 unspecified atom stereocenters. The summed E-state index contributed by atoms with van der Waals surface area (Å²) < 4.78 is 21.7. The summed E-state index contributed by atoms with van der Waals surface area (Å²) in [4.78, 5) is 11.0. The summed E-state index contributed by atoms with van der Waals surface area (Å²) in [5.74, 6) is -0.00589. The third-order valence-corrected chi connectivity index (χ3v) is 2.46. The lowest BCUT2D eigenvalue weighted by Gasteiger charge is -1.96. The van der Waals surface area contributed by atoms with Gasteiger partial charge in [-0.05, 0) is 18.6 Å². The van der Waals surface area contributed by atoms with Crippen LogP contribution in [0, 0.1) is 0 Å². The van der Waals surface area contributed by atoms with E-state index in [1.54, 1.807) is 24.3 Å². The van der Waals surface area contributed by atoms with E-state index in [1.807, 2.05) is 0 Å². The second kappa shape index (κ2) is 4.40. The largest absolute Gasteiger partial charge is 0.295 e. The average Bonchev–Trinajstić information content (AvgIpc) is 2.14. The Balaban J connectivity index is 2.91. The molecular weight excluding hydrogens is 212 g/mol. The molecule has 4 heteroatoms. The summed E-state index contributed by atoms with van der Waals surface area (Å²) in [5, 5.41) is 1.13. The van der Waals surface area contributed by atoms with Crippen molar-refractivity contribution < 1.29 is 13.2 Å². The van der Waals surface area contributed by atoms with Crippen LogP contribution in [0.1, 0.15) is 22.8 Å². The summed E-state index contributed by atoms with van der Waals surface area (Å²) in [6, 6.07) is 6.76. The van der Waals surface area contributed by atoms with Crippen LogP contribution in [0.5, 0.6) is 0 Å². The van der Waals surface area contributed by atoms with Crippen molar-refractivity contribution >= 4 is 21.7 Å². The van der Waals surface area contributed by atoms with Gasteiger partial charge in [0, 0.05) is 17.2 Å². The van der Waals surface area contributed by atoms with Crippen molar-refractivity contribution in [2.75, 3.05) is 6.26 Å². The first-order valence-corrected chi connectivity index (χ1v) is 6.33. The number of carbonyl (C=O) groups is 1. The van der Waals surface area contributed by atoms with E-state index in [9.17, 15) is 13.2 Å². The van der Waals surface area contributed by atoms with Crippen LogP contribution in [0.2, 0.25) is 0 Å². The minimum atomic E-state index is -3.10. The number of Topliss-reactive ketones (excluding diaryl/α,β-unsaturated/α-hetero) is 1. The van der Waals surface area contributed by atoms with Crippen LogP contribution in [-0.4, -0.2) is 20.5 Å². The molecule has 0 aromatic heterocycles. The first kappa shape index (κ1) is 11.7. The maximum atomic E-state index is 11.0. The summed E-state index contributed by atoms with van der Waals surface area (Å²) in [7, 11) is -3.10. The highest BCUT2D eigenvalue weighted by Gasteiger charge is 1.98. The molecule has 0 atom stereocenters. The standard InChI is InChI=1S/C11H12O3S/c1-9(12)11-5-3-10(4-6-11)7-8-15(2,13)14/h3-8H,1-2H3. The lowest BCUT2D eigenvalue weighted by molar-refractivity contribution is 0.101. The van der Waals surface area contributed by atoms with Crippen LogP contribution in [0.3, 0.4) is 0 Å². The third kappa shape index (κ3) is 4.08. The SMILES string of the molecule is CC(=O)c1ccc(C=CS(C)(=O)=O)cc1. The fraction of sp³-hybridized carbons (Fsp3) is 0.182. The van der Waals surface area contributed by atoms with Crippen molar-refractivity contribution in [3.05, 3.63) is 40.8 Å². The van der Waals surface area contributed by atoms with Gasteiger partial charge in [-0.2, -0.15) is 0 Å². The Morgan fingerprint density at radius 3 is 2.13 bits per heavy atom. The van der Waals surface area contributed by atoms with Gasteiger partial charge in [0.15, 0.2) is 15.6 Å². The van der Waals surface area contributed by atoms with Gasteiger partial charge in [0.25, 0.3) is 0 Å². The van der Waals surface area contributed by atoms with Crippen LogP contribution in [-0.2, 0) is 9.84 Å². The smallest absolute Gasteiger partial charge is 0.168 e. The highest BCUT2D eigenvalue weighted by molar-refractivity contribution is 7.93. The van der Waals surface area contributed by atoms with Gasteiger partial charge in [0.05, 0.1) is 0 Å². The summed E-state index contributed by atoms with van der Waals surface area (Å²) in [6.45, 7) is 1.49. The molecule has 0 saturated carbocycles. The predicted octanol–water partition coefficient (Wildman–Crippen LogP) is 1.90. The molecule has 1 aromatic rings. The summed E-state index contributed by atoms with van der Waals surface area (Å²) >= 11 is 0. The van der Waals surface area contributed by atoms with E-state index in [0.29, 0.717) is 5.56 Å². The number of hydrogen-bond acceptors (Lipinski definition) is 3. The average molecular weight is 224 g/mol.